The number of nitrogens with one attached hydrogen (secondary N) is 1. The monoisotopic (exact) mass is 779 g/mol. The van der Waals surface area contributed by atoms with E-state index in [2.05, 4.69) is 15.4 Å². The first-order valence-corrected chi connectivity index (χ1v) is 20.5. The van der Waals surface area contributed by atoms with Crippen LogP contribution in [0, 0.1) is 25.2 Å². The highest BCUT2D eigenvalue weighted by Gasteiger charge is 2.44. The number of aryl methyl sites for hydroxylation is 2. The molecule has 2 aliphatic heterocycles. The summed E-state index contributed by atoms with van der Waals surface area (Å²) < 4.78 is 1.95. The van der Waals surface area contributed by atoms with Crippen LogP contribution in [-0.2, 0) is 46.7 Å². The predicted octanol–water partition coefficient (Wildman–Crippen LogP) is 5.69. The lowest BCUT2D eigenvalue weighted by Gasteiger charge is -2.48. The third-order valence-corrected chi connectivity index (χ3v) is 13.0. The molecule has 0 unspecified atom stereocenters. The Bertz CT molecular complexity index is 1980. The Morgan fingerprint density at radius 1 is 0.946 bits per heavy atom. The van der Waals surface area contributed by atoms with Gasteiger partial charge in [-0.05, 0) is 115 Å². The Morgan fingerprint density at radius 3 is 2.29 bits per heavy atom. The highest BCUT2D eigenvalue weighted by Crippen LogP contribution is 2.47. The fraction of sp³-hybridized carbons (Fsp3) is 0.477. The molecule has 12 heteroatoms. The zero-order chi connectivity index (χ0) is 39.4. The molecule has 3 aromatic carbocycles. The van der Waals surface area contributed by atoms with Crippen molar-refractivity contribution in [2.75, 3.05) is 13.1 Å². The summed E-state index contributed by atoms with van der Waals surface area (Å²) in [5.41, 5.74) is 12.1. The van der Waals surface area contributed by atoms with Crippen molar-refractivity contribution in [3.05, 3.63) is 112 Å². The molecule has 1 aromatic heterocycles. The van der Waals surface area contributed by atoms with Crippen LogP contribution < -0.4 is 11.1 Å². The van der Waals surface area contributed by atoms with Crippen LogP contribution in [0.1, 0.15) is 78.3 Å². The van der Waals surface area contributed by atoms with Gasteiger partial charge < -0.3 is 26.0 Å². The molecule has 1 aliphatic carbocycles. The van der Waals surface area contributed by atoms with Crippen molar-refractivity contribution in [3.63, 3.8) is 0 Å². The largest absolute Gasteiger partial charge is 0.508 e. The number of hydrogen-bond donors (Lipinski definition) is 3. The molecule has 296 valence electrons. The second-order valence-corrected chi connectivity index (χ2v) is 16.8. The summed E-state index contributed by atoms with van der Waals surface area (Å²) >= 11 is 6.23. The van der Waals surface area contributed by atoms with Crippen molar-refractivity contribution < 1.29 is 19.5 Å². The van der Waals surface area contributed by atoms with E-state index < -0.39 is 18.1 Å². The van der Waals surface area contributed by atoms with Crippen molar-refractivity contribution in [1.82, 2.24) is 29.9 Å². The van der Waals surface area contributed by atoms with Crippen molar-refractivity contribution >= 4 is 29.3 Å². The molecule has 0 bridgehead atoms. The minimum atomic E-state index is -0.917. The van der Waals surface area contributed by atoms with Gasteiger partial charge in [0.25, 0.3) is 0 Å². The van der Waals surface area contributed by atoms with Gasteiger partial charge in [-0.1, -0.05) is 67.3 Å². The number of phenolic OH excluding ortho intramolecular Hbond substituents is 1. The number of fused-ring (bicyclic) bond motifs is 1. The van der Waals surface area contributed by atoms with E-state index in [-0.39, 0.29) is 48.3 Å². The number of phenols is 1. The first-order valence-electron chi connectivity index (χ1n) is 20.1. The number of aromatic hydroxyl groups is 1. The molecule has 7 rings (SSSR count). The first-order chi connectivity index (χ1) is 27.0. The fourth-order valence-electron chi connectivity index (χ4n) is 9.57. The van der Waals surface area contributed by atoms with E-state index >= 15 is 0 Å². The number of piperidine rings is 1. The predicted molar refractivity (Wildman–Crippen MR) is 216 cm³/mol. The van der Waals surface area contributed by atoms with Crippen molar-refractivity contribution in [2.24, 2.45) is 17.1 Å². The molecule has 11 nitrogen and oxygen atoms in total. The van der Waals surface area contributed by atoms with E-state index in [1.165, 1.54) is 32.1 Å². The van der Waals surface area contributed by atoms with E-state index in [9.17, 15) is 19.5 Å². The Morgan fingerprint density at radius 2 is 1.62 bits per heavy atom. The number of carbonyl (C=O) groups is 3. The normalized spacial score (nSPS) is 19.5. The molecule has 56 heavy (non-hydrogen) atoms. The third kappa shape index (κ3) is 8.79. The number of benzene rings is 3. The second kappa shape index (κ2) is 17.2. The van der Waals surface area contributed by atoms with E-state index in [1.807, 2.05) is 59.8 Å². The van der Waals surface area contributed by atoms with Gasteiger partial charge in [0, 0.05) is 44.0 Å². The van der Waals surface area contributed by atoms with E-state index in [1.54, 1.807) is 41.8 Å². The van der Waals surface area contributed by atoms with Gasteiger partial charge in [-0.25, -0.2) is 4.98 Å². The Kier molecular flexibility index (Phi) is 12.1. The van der Waals surface area contributed by atoms with Gasteiger partial charge in [0.05, 0.1) is 6.04 Å². The summed E-state index contributed by atoms with van der Waals surface area (Å²) in [4.78, 5) is 51.2. The number of amides is 3. The molecule has 3 heterocycles. The van der Waals surface area contributed by atoms with E-state index in [4.69, 9.17) is 17.3 Å². The minimum absolute atomic E-state index is 0.0200. The smallest absolute Gasteiger partial charge is 0.245 e. The van der Waals surface area contributed by atoms with Gasteiger partial charge in [-0.3, -0.25) is 19.1 Å². The lowest BCUT2D eigenvalue weighted by molar-refractivity contribution is -0.145. The van der Waals surface area contributed by atoms with Gasteiger partial charge in [0.15, 0.2) is 0 Å². The molecule has 0 spiro atoms. The van der Waals surface area contributed by atoms with Crippen LogP contribution in [0.2, 0.25) is 5.02 Å². The maximum atomic E-state index is 14.6. The van der Waals surface area contributed by atoms with Crippen LogP contribution in [0.4, 0.5) is 0 Å². The number of nitrogens with two attached hydrogens (primary N) is 1. The highest BCUT2D eigenvalue weighted by molar-refractivity contribution is 6.30. The minimum Gasteiger partial charge on any atom is -0.508 e. The summed E-state index contributed by atoms with van der Waals surface area (Å²) in [6, 6.07) is 15.9. The molecular formula is C44H54ClN7O4. The lowest BCUT2D eigenvalue weighted by Crippen LogP contribution is -2.60. The van der Waals surface area contributed by atoms with Crippen LogP contribution in [0.25, 0.3) is 0 Å². The highest BCUT2D eigenvalue weighted by atomic mass is 35.5. The SMILES string of the molecule is Cc1cc(O)cc(C)c1C[C@H](N)C(=O)N1Cc2ccccc2C[C@@H]1C(=O)N[C@H](Cc1ccc(Cl)cc1)C(=O)N1CCC(Cn2cncn2)(C2CCCCC2)CC1. The average molecular weight is 780 g/mol. The molecule has 1 saturated carbocycles. The van der Waals surface area contributed by atoms with Crippen LogP contribution >= 0.6 is 11.6 Å². The molecule has 4 aromatic rings. The van der Waals surface area contributed by atoms with Crippen molar-refractivity contribution in [3.8, 4) is 5.75 Å². The Hall–Kier alpha value is -4.74. The standard InChI is InChI=1S/C44H54ClN7O4/c1-29-20-36(53)21-30(2)37(29)24-38(46)42(55)52-25-33-9-7-6-8-32(33)23-40(52)41(54)49-39(22-31-12-14-35(45)15-13-31)43(56)50-18-16-44(17-19-50,26-51-28-47-27-48-51)34-10-4-3-5-11-34/h6-9,12-15,20-21,27-28,34,38-40,53H,3-5,10-11,16-19,22-26,46H2,1-2H3,(H,49,54)/t38-,39+,40+/m0/s1. The number of halogens is 1. The second-order valence-electron chi connectivity index (χ2n) is 16.3. The number of nitrogens with zero attached hydrogens (tertiary/aromatic N) is 5. The van der Waals surface area contributed by atoms with E-state index in [0.29, 0.717) is 30.5 Å². The zero-order valence-electron chi connectivity index (χ0n) is 32.5. The van der Waals surface area contributed by atoms with Crippen molar-refractivity contribution in [2.45, 2.75) is 109 Å². The first kappa shape index (κ1) is 39.5. The number of carbonyl (C=O) groups excluding carboxylic acids is 3. The van der Waals surface area contributed by atoms with Crippen molar-refractivity contribution in [1.29, 1.82) is 0 Å². The third-order valence-electron chi connectivity index (χ3n) is 12.7. The molecule has 2 fully saturated rings. The maximum Gasteiger partial charge on any atom is 0.245 e. The molecule has 0 radical (unpaired) electrons. The maximum absolute atomic E-state index is 14.6. The Balaban J connectivity index is 1.12. The summed E-state index contributed by atoms with van der Waals surface area (Å²) in [5, 5.41) is 18.3. The van der Waals surface area contributed by atoms with Gasteiger partial charge in [0.1, 0.15) is 30.5 Å². The fourth-order valence-corrected chi connectivity index (χ4v) is 9.69. The number of hydrogen-bond acceptors (Lipinski definition) is 7. The molecular weight excluding hydrogens is 726 g/mol. The van der Waals surface area contributed by atoms with Gasteiger partial charge >= 0.3 is 0 Å². The molecule has 4 N–H and O–H groups in total. The molecule has 3 aliphatic rings. The summed E-state index contributed by atoms with van der Waals surface area (Å²) in [5.74, 6) is -0.127. The molecule has 3 amide bonds. The van der Waals surface area contributed by atoms with Crippen LogP contribution in [0.5, 0.6) is 5.75 Å². The Labute approximate surface area is 334 Å². The van der Waals surface area contributed by atoms with Crippen LogP contribution in [0.15, 0.2) is 73.3 Å². The lowest BCUT2D eigenvalue weighted by atomic mass is 9.63. The summed E-state index contributed by atoms with van der Waals surface area (Å²) in [6.07, 6.45) is 12.0. The van der Waals surface area contributed by atoms with Gasteiger partial charge in [0.2, 0.25) is 17.7 Å². The number of rotatable bonds is 11. The van der Waals surface area contributed by atoms with Crippen LogP contribution in [-0.4, -0.2) is 78.6 Å². The number of likely N-dealkylation sites (tertiary alicyclic amines) is 1. The number of aromatic nitrogens is 3. The molecule has 1 saturated heterocycles. The average Bonchev–Trinajstić information content (AvgIpc) is 3.72. The van der Waals surface area contributed by atoms with Crippen LogP contribution in [0.3, 0.4) is 0 Å². The van der Waals surface area contributed by atoms with Gasteiger partial charge in [-0.15, -0.1) is 0 Å². The zero-order valence-corrected chi connectivity index (χ0v) is 33.3. The van der Waals surface area contributed by atoms with Gasteiger partial charge in [-0.2, -0.15) is 5.10 Å². The van der Waals surface area contributed by atoms with E-state index in [0.717, 1.165) is 52.8 Å². The summed E-state index contributed by atoms with van der Waals surface area (Å²) in [7, 11) is 0. The summed E-state index contributed by atoms with van der Waals surface area (Å²) in [6.45, 7) is 5.96. The molecule has 3 atom stereocenters. The quantitative estimate of drug-likeness (QED) is 0.177. The topological polar surface area (TPSA) is 147 Å².